The van der Waals surface area contributed by atoms with E-state index in [0.29, 0.717) is 16.9 Å². The highest BCUT2D eigenvalue weighted by molar-refractivity contribution is 6.30. The molecule has 2 aliphatic rings. The molecule has 0 N–H and O–H groups in total. The number of fused-ring (bicyclic) bond motifs is 5. The molecule has 0 unspecified atom stereocenters. The van der Waals surface area contributed by atoms with Gasteiger partial charge in [-0.25, -0.2) is 0 Å². The Balaban J connectivity index is 1.77. The zero-order valence-electron chi connectivity index (χ0n) is 13.3. The smallest absolute Gasteiger partial charge is 0.149 e. The van der Waals surface area contributed by atoms with E-state index < -0.39 is 0 Å². The highest BCUT2D eigenvalue weighted by Crippen LogP contribution is 2.49. The fourth-order valence-corrected chi connectivity index (χ4v) is 3.99. The van der Waals surface area contributed by atoms with Crippen LogP contribution in [0, 0.1) is 0 Å². The summed E-state index contributed by atoms with van der Waals surface area (Å²) in [6.07, 6.45) is 4.35. The van der Waals surface area contributed by atoms with Crippen LogP contribution >= 0.6 is 11.6 Å². The Morgan fingerprint density at radius 1 is 1.22 bits per heavy atom. The minimum atomic E-state index is 0.394. The van der Waals surface area contributed by atoms with Crippen LogP contribution in [0.15, 0.2) is 36.5 Å². The third-order valence-electron chi connectivity index (χ3n) is 4.97. The van der Waals surface area contributed by atoms with Crippen molar-refractivity contribution >= 4 is 11.6 Å². The molecular formula is C19H21ClN2O. The van der Waals surface area contributed by atoms with Crippen molar-refractivity contribution in [2.24, 2.45) is 0 Å². The van der Waals surface area contributed by atoms with Gasteiger partial charge in [0.2, 0.25) is 0 Å². The summed E-state index contributed by atoms with van der Waals surface area (Å²) >= 11 is 6.19. The number of hydrogen-bond donors (Lipinski definition) is 0. The molecule has 2 aliphatic heterocycles. The summed E-state index contributed by atoms with van der Waals surface area (Å²) in [6.45, 7) is 5.53. The summed E-state index contributed by atoms with van der Waals surface area (Å²) in [5.74, 6) is 2.58. The average Bonchev–Trinajstić information content (AvgIpc) is 2.92. The standard InChI is InChI=1S/C19H21ClN2O/c1-2-3-9-22-11-15-14-7-6-13(20)10-18(14)23-17-5-4-8-21-19(17)16(15)12-22/h4-8,10,15-16H,2-3,9,11-12H2,1H3/t15-,16-/m0/s1. The maximum Gasteiger partial charge on any atom is 0.149 e. The number of benzene rings is 1. The lowest BCUT2D eigenvalue weighted by atomic mass is 9.86. The van der Waals surface area contributed by atoms with Gasteiger partial charge < -0.3 is 9.64 Å². The van der Waals surface area contributed by atoms with Crippen LogP contribution in [0.2, 0.25) is 5.02 Å². The lowest BCUT2D eigenvalue weighted by Crippen LogP contribution is -2.22. The van der Waals surface area contributed by atoms with E-state index in [1.54, 1.807) is 0 Å². The van der Waals surface area contributed by atoms with Gasteiger partial charge in [-0.15, -0.1) is 0 Å². The summed E-state index contributed by atoms with van der Waals surface area (Å²) in [5.41, 5.74) is 2.35. The van der Waals surface area contributed by atoms with Gasteiger partial charge in [-0.2, -0.15) is 0 Å². The minimum Gasteiger partial charge on any atom is -0.455 e. The van der Waals surface area contributed by atoms with Crippen molar-refractivity contribution in [3.63, 3.8) is 0 Å². The van der Waals surface area contributed by atoms with E-state index in [1.807, 2.05) is 30.5 Å². The molecule has 3 nitrogen and oxygen atoms in total. The predicted molar refractivity (Wildman–Crippen MR) is 92.6 cm³/mol. The number of pyridine rings is 1. The Labute approximate surface area is 142 Å². The molecule has 4 heteroatoms. The first-order chi connectivity index (χ1) is 11.3. The summed E-state index contributed by atoms with van der Waals surface area (Å²) < 4.78 is 6.17. The summed E-state index contributed by atoms with van der Waals surface area (Å²) in [6, 6.07) is 9.99. The van der Waals surface area contributed by atoms with Crippen LogP contribution < -0.4 is 4.74 Å². The van der Waals surface area contributed by atoms with Crippen molar-refractivity contribution in [3.05, 3.63) is 52.8 Å². The molecule has 3 heterocycles. The van der Waals surface area contributed by atoms with Crippen molar-refractivity contribution in [2.75, 3.05) is 19.6 Å². The quantitative estimate of drug-likeness (QED) is 0.807. The number of rotatable bonds is 3. The molecule has 4 rings (SSSR count). The van der Waals surface area contributed by atoms with E-state index in [-0.39, 0.29) is 0 Å². The molecular weight excluding hydrogens is 308 g/mol. The van der Waals surface area contributed by atoms with Crippen LogP contribution in [0.3, 0.4) is 0 Å². The second-order valence-electron chi connectivity index (χ2n) is 6.50. The lowest BCUT2D eigenvalue weighted by molar-refractivity contribution is 0.322. The highest BCUT2D eigenvalue weighted by Gasteiger charge is 2.40. The van der Waals surface area contributed by atoms with E-state index in [1.165, 1.54) is 18.4 Å². The second-order valence-corrected chi connectivity index (χ2v) is 6.93. The number of aromatic nitrogens is 1. The molecule has 23 heavy (non-hydrogen) atoms. The third-order valence-corrected chi connectivity index (χ3v) is 5.20. The van der Waals surface area contributed by atoms with Crippen molar-refractivity contribution in [3.8, 4) is 11.5 Å². The number of halogens is 1. The van der Waals surface area contributed by atoms with E-state index in [2.05, 4.69) is 22.9 Å². The first-order valence-electron chi connectivity index (χ1n) is 8.41. The number of unbranched alkanes of at least 4 members (excludes halogenated alkanes) is 1. The SMILES string of the molecule is CCCCN1C[C@@H]2c3ncccc3Oc3cc(Cl)ccc3[C@@H]2C1. The Bertz CT molecular complexity index is 718. The molecule has 1 aromatic heterocycles. The fraction of sp³-hybridized carbons (Fsp3) is 0.421. The monoisotopic (exact) mass is 328 g/mol. The second kappa shape index (κ2) is 6.14. The Morgan fingerprint density at radius 2 is 2.09 bits per heavy atom. The topological polar surface area (TPSA) is 25.4 Å². The molecule has 0 bridgehead atoms. The van der Waals surface area contributed by atoms with Crippen molar-refractivity contribution < 1.29 is 4.74 Å². The molecule has 120 valence electrons. The van der Waals surface area contributed by atoms with Crippen LogP contribution in [-0.2, 0) is 0 Å². The molecule has 0 aliphatic carbocycles. The van der Waals surface area contributed by atoms with Gasteiger partial charge in [0, 0.05) is 36.1 Å². The van der Waals surface area contributed by atoms with Crippen LogP contribution in [0.1, 0.15) is 42.9 Å². The van der Waals surface area contributed by atoms with Crippen LogP contribution in [0.5, 0.6) is 11.5 Å². The molecule has 2 atom stereocenters. The summed E-state index contributed by atoms with van der Waals surface area (Å²) in [5, 5.41) is 0.716. The van der Waals surface area contributed by atoms with Gasteiger partial charge in [-0.3, -0.25) is 4.98 Å². The first kappa shape index (κ1) is 15.0. The van der Waals surface area contributed by atoms with Crippen molar-refractivity contribution in [1.82, 2.24) is 9.88 Å². The zero-order valence-corrected chi connectivity index (χ0v) is 14.1. The van der Waals surface area contributed by atoms with Gasteiger partial charge in [-0.05, 0) is 42.8 Å². The van der Waals surface area contributed by atoms with Gasteiger partial charge in [0.05, 0.1) is 5.69 Å². The minimum absolute atomic E-state index is 0.394. The molecule has 0 saturated carbocycles. The van der Waals surface area contributed by atoms with Crippen LogP contribution in [0.25, 0.3) is 0 Å². The van der Waals surface area contributed by atoms with E-state index in [9.17, 15) is 0 Å². The molecule has 1 fully saturated rings. The zero-order chi connectivity index (χ0) is 15.8. The molecule has 1 aromatic carbocycles. The van der Waals surface area contributed by atoms with E-state index >= 15 is 0 Å². The molecule has 1 saturated heterocycles. The maximum atomic E-state index is 6.19. The normalized spacial score (nSPS) is 22.7. The largest absolute Gasteiger partial charge is 0.455 e. The third kappa shape index (κ3) is 2.73. The van der Waals surface area contributed by atoms with Gasteiger partial charge in [0.25, 0.3) is 0 Å². The van der Waals surface area contributed by atoms with Gasteiger partial charge in [-0.1, -0.05) is 31.0 Å². The number of nitrogens with zero attached hydrogens (tertiary/aromatic N) is 2. The summed E-state index contributed by atoms with van der Waals surface area (Å²) in [7, 11) is 0. The number of hydrogen-bond acceptors (Lipinski definition) is 3. The molecule has 2 aromatic rings. The van der Waals surface area contributed by atoms with Crippen LogP contribution in [-0.4, -0.2) is 29.5 Å². The lowest BCUT2D eigenvalue weighted by Gasteiger charge is -2.17. The first-order valence-corrected chi connectivity index (χ1v) is 8.78. The summed E-state index contributed by atoms with van der Waals surface area (Å²) in [4.78, 5) is 7.23. The Morgan fingerprint density at radius 3 is 2.96 bits per heavy atom. The van der Waals surface area contributed by atoms with E-state index in [0.717, 1.165) is 36.8 Å². The molecule has 0 spiro atoms. The van der Waals surface area contributed by atoms with Gasteiger partial charge in [0.1, 0.15) is 11.5 Å². The highest BCUT2D eigenvalue weighted by atomic mass is 35.5. The Kier molecular flexibility index (Phi) is 4.00. The predicted octanol–water partition coefficient (Wildman–Crippen LogP) is 4.82. The van der Waals surface area contributed by atoms with Crippen LogP contribution in [0.4, 0.5) is 0 Å². The van der Waals surface area contributed by atoms with Gasteiger partial charge >= 0.3 is 0 Å². The number of likely N-dealkylation sites (tertiary alicyclic amines) is 1. The van der Waals surface area contributed by atoms with E-state index in [4.69, 9.17) is 16.3 Å². The van der Waals surface area contributed by atoms with Crippen molar-refractivity contribution in [1.29, 1.82) is 0 Å². The molecule has 0 amide bonds. The average molecular weight is 329 g/mol. The maximum absolute atomic E-state index is 6.19. The number of ether oxygens (including phenoxy) is 1. The van der Waals surface area contributed by atoms with Crippen molar-refractivity contribution in [2.45, 2.75) is 31.6 Å². The van der Waals surface area contributed by atoms with Gasteiger partial charge in [0.15, 0.2) is 0 Å². The molecule has 0 radical (unpaired) electrons. The Hall–Kier alpha value is -1.58. The fourth-order valence-electron chi connectivity index (χ4n) is 3.83.